The van der Waals surface area contributed by atoms with Gasteiger partial charge < -0.3 is 4.74 Å². The van der Waals surface area contributed by atoms with Crippen molar-refractivity contribution in [1.29, 1.82) is 0 Å². The molecule has 0 N–H and O–H groups in total. The minimum atomic E-state index is 0.0259. The molecule has 0 atom stereocenters. The first-order chi connectivity index (χ1) is 21.8. The van der Waals surface area contributed by atoms with E-state index in [2.05, 4.69) is 26.0 Å². The molecule has 2 heteroatoms. The summed E-state index contributed by atoms with van der Waals surface area (Å²) in [6.45, 7) is 5.21. The highest BCUT2D eigenvalue weighted by molar-refractivity contribution is 5.69. The quantitative estimate of drug-likeness (QED) is 0.0391. The molecular weight excluding hydrogens is 536 g/mol. The van der Waals surface area contributed by atoms with E-state index in [-0.39, 0.29) is 5.97 Å². The molecule has 0 unspecified atom stereocenters. The van der Waals surface area contributed by atoms with E-state index in [1.807, 2.05) is 0 Å². The van der Waals surface area contributed by atoms with Crippen LogP contribution in [0, 0.1) is 0 Å². The van der Waals surface area contributed by atoms with Crippen molar-refractivity contribution in [2.75, 3.05) is 6.61 Å². The Balaban J connectivity index is 3.17. The third-order valence-electron chi connectivity index (χ3n) is 9.40. The van der Waals surface area contributed by atoms with E-state index in [1.54, 1.807) is 0 Å². The molecule has 0 aromatic heterocycles. The van der Waals surface area contributed by atoms with Gasteiger partial charge >= 0.3 is 5.97 Å². The molecule has 0 saturated carbocycles. The topological polar surface area (TPSA) is 26.3 Å². The molecule has 0 saturated heterocycles. The van der Waals surface area contributed by atoms with Crippen molar-refractivity contribution in [3.8, 4) is 0 Å². The molecule has 0 bridgehead atoms. The van der Waals surface area contributed by atoms with Crippen LogP contribution in [-0.2, 0) is 9.53 Å². The van der Waals surface area contributed by atoms with Crippen LogP contribution >= 0.6 is 0 Å². The Bertz CT molecular complexity index is 554. The number of hydrogen-bond donors (Lipinski definition) is 0. The molecule has 0 aliphatic carbocycles. The van der Waals surface area contributed by atoms with Gasteiger partial charge in [-0.25, -0.2) is 0 Å². The number of hydrogen-bond acceptors (Lipinski definition) is 2. The summed E-state index contributed by atoms with van der Waals surface area (Å²) >= 11 is 0. The zero-order chi connectivity index (χ0) is 31.9. The molecule has 44 heavy (non-hydrogen) atoms. The molecule has 0 amide bonds. The third kappa shape index (κ3) is 39.2. The summed E-state index contributed by atoms with van der Waals surface area (Å²) in [4.78, 5) is 12.0. The first-order valence-corrected chi connectivity index (χ1v) is 20.6. The summed E-state index contributed by atoms with van der Waals surface area (Å²) in [6, 6.07) is 0. The summed E-state index contributed by atoms with van der Waals surface area (Å²) in [6.07, 6.45) is 53.0. The Morgan fingerprint density at radius 1 is 0.364 bits per heavy atom. The average Bonchev–Trinajstić information content (AvgIpc) is 3.03. The van der Waals surface area contributed by atoms with E-state index < -0.39 is 0 Å². The molecule has 2 nitrogen and oxygen atoms in total. The predicted molar refractivity (Wildman–Crippen MR) is 198 cm³/mol. The largest absolute Gasteiger partial charge is 0.466 e. The van der Waals surface area contributed by atoms with Crippen LogP contribution in [0.15, 0.2) is 12.2 Å². The molecule has 0 radical (unpaired) electrons. The highest BCUT2D eigenvalue weighted by Crippen LogP contribution is 2.15. The van der Waals surface area contributed by atoms with Gasteiger partial charge in [0, 0.05) is 6.42 Å². The summed E-state index contributed by atoms with van der Waals surface area (Å²) < 4.78 is 5.46. The van der Waals surface area contributed by atoms with Crippen LogP contribution in [0.5, 0.6) is 0 Å². The van der Waals surface area contributed by atoms with Crippen LogP contribution in [0.25, 0.3) is 0 Å². The summed E-state index contributed by atoms with van der Waals surface area (Å²) in [5, 5.41) is 0. The number of unbranched alkanes of at least 4 members (excludes halogenated alkanes) is 32. The summed E-state index contributed by atoms with van der Waals surface area (Å²) in [5.74, 6) is 0.0259. The number of ether oxygens (including phenoxy) is 1. The van der Waals surface area contributed by atoms with Crippen LogP contribution in [0.3, 0.4) is 0 Å². The van der Waals surface area contributed by atoms with E-state index in [9.17, 15) is 4.79 Å². The van der Waals surface area contributed by atoms with E-state index in [0.29, 0.717) is 13.0 Å². The molecule has 0 heterocycles. The van der Waals surface area contributed by atoms with Gasteiger partial charge in [-0.2, -0.15) is 0 Å². The fourth-order valence-corrected chi connectivity index (χ4v) is 6.31. The third-order valence-corrected chi connectivity index (χ3v) is 9.40. The lowest BCUT2D eigenvalue weighted by Gasteiger charge is -2.06. The van der Waals surface area contributed by atoms with Gasteiger partial charge in [0.25, 0.3) is 0 Å². The first-order valence-electron chi connectivity index (χ1n) is 20.6. The number of carbonyl (C=O) groups excluding carboxylic acids is 1. The van der Waals surface area contributed by atoms with Crippen LogP contribution < -0.4 is 0 Å². The lowest BCUT2D eigenvalue weighted by molar-refractivity contribution is -0.143. The van der Waals surface area contributed by atoms with Gasteiger partial charge in [-0.3, -0.25) is 4.79 Å². The van der Waals surface area contributed by atoms with Crippen LogP contribution in [-0.4, -0.2) is 12.6 Å². The van der Waals surface area contributed by atoms with Crippen molar-refractivity contribution >= 4 is 5.97 Å². The zero-order valence-electron chi connectivity index (χ0n) is 30.6. The summed E-state index contributed by atoms with van der Waals surface area (Å²) in [5.41, 5.74) is 0. The highest BCUT2D eigenvalue weighted by atomic mass is 16.5. The molecule has 0 aliphatic rings. The maximum absolute atomic E-state index is 12.0. The van der Waals surface area contributed by atoms with Crippen LogP contribution in [0.1, 0.15) is 245 Å². The standard InChI is InChI=1S/C42H82O2/c1-3-5-7-9-11-13-15-17-19-21-23-24-26-28-30-32-34-36-38-40-42(43)44-41-39-37-35-33-31-29-27-25-22-20-18-16-14-12-10-8-6-4-2/h18,20H,3-17,19,21-41H2,1-2H3/b20-18-. The van der Waals surface area contributed by atoms with Crippen LogP contribution in [0.2, 0.25) is 0 Å². The smallest absolute Gasteiger partial charge is 0.305 e. The predicted octanol–water partition coefficient (Wildman–Crippen LogP) is 15.2. The van der Waals surface area contributed by atoms with Gasteiger partial charge in [0.05, 0.1) is 6.61 Å². The Kier molecular flexibility index (Phi) is 39.5. The molecule has 0 aromatic carbocycles. The zero-order valence-corrected chi connectivity index (χ0v) is 30.6. The van der Waals surface area contributed by atoms with Crippen LogP contribution in [0.4, 0.5) is 0 Å². The molecule has 0 spiro atoms. The Morgan fingerprint density at radius 2 is 0.636 bits per heavy atom. The van der Waals surface area contributed by atoms with Crippen molar-refractivity contribution in [3.63, 3.8) is 0 Å². The second-order valence-corrected chi connectivity index (χ2v) is 14.0. The Morgan fingerprint density at radius 3 is 0.977 bits per heavy atom. The molecular formula is C42H82O2. The maximum atomic E-state index is 12.0. The normalized spacial score (nSPS) is 11.6. The van der Waals surface area contributed by atoms with Gasteiger partial charge in [-0.05, 0) is 38.5 Å². The van der Waals surface area contributed by atoms with E-state index in [0.717, 1.165) is 12.8 Å². The number of allylic oxidation sites excluding steroid dienone is 2. The second kappa shape index (κ2) is 40.2. The Hall–Kier alpha value is -0.790. The molecule has 0 aliphatic heterocycles. The van der Waals surface area contributed by atoms with E-state index in [4.69, 9.17) is 4.74 Å². The van der Waals surface area contributed by atoms with Crippen molar-refractivity contribution in [3.05, 3.63) is 12.2 Å². The SMILES string of the molecule is CCCCCCCC/C=C\CCCCCCCCCCOC(=O)CCCCCCCCCCCCCCCCCCCCC. The van der Waals surface area contributed by atoms with Crippen molar-refractivity contribution in [1.82, 2.24) is 0 Å². The molecule has 0 fully saturated rings. The van der Waals surface area contributed by atoms with Gasteiger partial charge in [0.15, 0.2) is 0 Å². The number of esters is 1. The number of rotatable bonds is 38. The fraction of sp³-hybridized carbons (Fsp3) is 0.929. The molecule has 0 aromatic rings. The van der Waals surface area contributed by atoms with Gasteiger partial charge in [0.1, 0.15) is 0 Å². The molecule has 0 rings (SSSR count). The lowest BCUT2D eigenvalue weighted by Crippen LogP contribution is -2.05. The van der Waals surface area contributed by atoms with E-state index >= 15 is 0 Å². The van der Waals surface area contributed by atoms with Gasteiger partial charge in [-0.1, -0.05) is 212 Å². The van der Waals surface area contributed by atoms with E-state index in [1.165, 1.54) is 212 Å². The minimum Gasteiger partial charge on any atom is -0.466 e. The van der Waals surface area contributed by atoms with Gasteiger partial charge in [-0.15, -0.1) is 0 Å². The fourth-order valence-electron chi connectivity index (χ4n) is 6.31. The van der Waals surface area contributed by atoms with Crippen molar-refractivity contribution in [2.45, 2.75) is 245 Å². The first kappa shape index (κ1) is 43.2. The van der Waals surface area contributed by atoms with Crippen molar-refractivity contribution in [2.24, 2.45) is 0 Å². The number of carbonyl (C=O) groups is 1. The lowest BCUT2D eigenvalue weighted by atomic mass is 10.0. The van der Waals surface area contributed by atoms with Crippen molar-refractivity contribution < 1.29 is 9.53 Å². The minimum absolute atomic E-state index is 0.0259. The second-order valence-electron chi connectivity index (χ2n) is 14.0. The van der Waals surface area contributed by atoms with Gasteiger partial charge in [0.2, 0.25) is 0 Å². The monoisotopic (exact) mass is 619 g/mol. The highest BCUT2D eigenvalue weighted by Gasteiger charge is 2.03. The average molecular weight is 619 g/mol. The maximum Gasteiger partial charge on any atom is 0.305 e. The summed E-state index contributed by atoms with van der Waals surface area (Å²) in [7, 11) is 0. The Labute approximate surface area is 278 Å². The molecule has 262 valence electrons.